The molecule has 1 atom stereocenters. The molecule has 0 radical (unpaired) electrons. The summed E-state index contributed by atoms with van der Waals surface area (Å²) in [6.07, 6.45) is 4.09. The number of rotatable bonds is 4. The summed E-state index contributed by atoms with van der Waals surface area (Å²) >= 11 is 0. The highest BCUT2D eigenvalue weighted by Gasteiger charge is 2.46. The SMILES string of the molecule is CCC(C)c1ccc(C2(C(=O)OC)CCC2)cc1. The maximum absolute atomic E-state index is 12.0. The molecule has 0 aliphatic heterocycles. The van der Waals surface area contributed by atoms with Gasteiger partial charge < -0.3 is 4.74 Å². The number of esters is 1. The number of hydrogen-bond donors (Lipinski definition) is 0. The van der Waals surface area contributed by atoms with E-state index in [4.69, 9.17) is 4.74 Å². The van der Waals surface area contributed by atoms with Crippen molar-refractivity contribution in [1.82, 2.24) is 0 Å². The van der Waals surface area contributed by atoms with E-state index in [1.54, 1.807) is 0 Å². The molecule has 1 aromatic carbocycles. The Morgan fingerprint density at radius 2 is 1.94 bits per heavy atom. The molecule has 1 aliphatic rings. The third-order valence-electron chi connectivity index (χ3n) is 4.43. The molecule has 0 N–H and O–H groups in total. The number of methoxy groups -OCH3 is 1. The molecule has 98 valence electrons. The second-order valence-electron chi connectivity index (χ2n) is 5.36. The third-order valence-corrected chi connectivity index (χ3v) is 4.43. The van der Waals surface area contributed by atoms with Gasteiger partial charge in [-0.3, -0.25) is 4.79 Å². The molecule has 0 heterocycles. The molecule has 2 rings (SSSR count). The maximum Gasteiger partial charge on any atom is 0.316 e. The Morgan fingerprint density at radius 1 is 1.33 bits per heavy atom. The van der Waals surface area contributed by atoms with Crippen molar-refractivity contribution in [3.63, 3.8) is 0 Å². The average molecular weight is 246 g/mol. The lowest BCUT2D eigenvalue weighted by molar-refractivity contribution is -0.151. The highest BCUT2D eigenvalue weighted by molar-refractivity contribution is 5.84. The summed E-state index contributed by atoms with van der Waals surface area (Å²) in [5, 5.41) is 0. The van der Waals surface area contributed by atoms with Crippen LogP contribution >= 0.6 is 0 Å². The number of carbonyl (C=O) groups is 1. The average Bonchev–Trinajstić information content (AvgIpc) is 2.37. The van der Waals surface area contributed by atoms with Crippen LogP contribution in [0, 0.1) is 0 Å². The molecule has 0 saturated heterocycles. The Hall–Kier alpha value is -1.31. The largest absolute Gasteiger partial charge is 0.468 e. The summed E-state index contributed by atoms with van der Waals surface area (Å²) in [7, 11) is 1.48. The fraction of sp³-hybridized carbons (Fsp3) is 0.562. The van der Waals surface area contributed by atoms with Crippen LogP contribution in [0.15, 0.2) is 24.3 Å². The minimum Gasteiger partial charge on any atom is -0.468 e. The van der Waals surface area contributed by atoms with E-state index in [9.17, 15) is 4.79 Å². The van der Waals surface area contributed by atoms with Crippen LogP contribution in [-0.4, -0.2) is 13.1 Å². The van der Waals surface area contributed by atoms with Gasteiger partial charge in [0.2, 0.25) is 0 Å². The van der Waals surface area contributed by atoms with Gasteiger partial charge >= 0.3 is 5.97 Å². The summed E-state index contributed by atoms with van der Waals surface area (Å²) in [6, 6.07) is 8.54. The molecule has 0 bridgehead atoms. The lowest BCUT2D eigenvalue weighted by atomic mass is 9.64. The summed E-state index contributed by atoms with van der Waals surface area (Å²) in [5.41, 5.74) is 2.11. The molecule has 0 aromatic heterocycles. The molecule has 2 heteroatoms. The van der Waals surface area contributed by atoms with Gasteiger partial charge in [0.25, 0.3) is 0 Å². The molecule has 1 fully saturated rings. The van der Waals surface area contributed by atoms with Gasteiger partial charge in [0.15, 0.2) is 0 Å². The van der Waals surface area contributed by atoms with E-state index in [-0.39, 0.29) is 11.4 Å². The van der Waals surface area contributed by atoms with E-state index in [0.717, 1.165) is 31.2 Å². The minimum absolute atomic E-state index is 0.0787. The summed E-state index contributed by atoms with van der Waals surface area (Å²) in [6.45, 7) is 4.43. The van der Waals surface area contributed by atoms with E-state index in [0.29, 0.717) is 5.92 Å². The number of ether oxygens (including phenoxy) is 1. The molecular formula is C16H22O2. The number of benzene rings is 1. The predicted molar refractivity (Wildman–Crippen MR) is 72.7 cm³/mol. The highest BCUT2D eigenvalue weighted by Crippen LogP contribution is 2.44. The first-order valence-electron chi connectivity index (χ1n) is 6.83. The summed E-state index contributed by atoms with van der Waals surface area (Å²) in [5.74, 6) is 0.500. The summed E-state index contributed by atoms with van der Waals surface area (Å²) < 4.78 is 4.97. The second kappa shape index (κ2) is 5.13. The van der Waals surface area contributed by atoms with Crippen molar-refractivity contribution in [3.05, 3.63) is 35.4 Å². The minimum atomic E-state index is -0.358. The molecule has 1 saturated carbocycles. The number of carbonyl (C=O) groups excluding carboxylic acids is 1. The Morgan fingerprint density at radius 3 is 2.33 bits per heavy atom. The van der Waals surface area contributed by atoms with Gasteiger partial charge in [-0.05, 0) is 36.3 Å². The molecule has 1 aromatic rings. The van der Waals surface area contributed by atoms with Crippen molar-refractivity contribution in [1.29, 1.82) is 0 Å². The Bertz CT molecular complexity index is 415. The van der Waals surface area contributed by atoms with Crippen LogP contribution < -0.4 is 0 Å². The zero-order chi connectivity index (χ0) is 13.2. The monoisotopic (exact) mass is 246 g/mol. The highest BCUT2D eigenvalue weighted by atomic mass is 16.5. The first-order valence-corrected chi connectivity index (χ1v) is 6.83. The first-order chi connectivity index (χ1) is 8.64. The molecule has 18 heavy (non-hydrogen) atoms. The van der Waals surface area contributed by atoms with E-state index in [1.807, 2.05) is 0 Å². The zero-order valence-corrected chi connectivity index (χ0v) is 11.5. The van der Waals surface area contributed by atoms with Gasteiger partial charge in [0, 0.05) is 0 Å². The van der Waals surface area contributed by atoms with Crippen molar-refractivity contribution >= 4 is 5.97 Å². The lowest BCUT2D eigenvalue weighted by Gasteiger charge is -2.39. The number of hydrogen-bond acceptors (Lipinski definition) is 2. The Balaban J connectivity index is 2.25. The molecule has 2 nitrogen and oxygen atoms in total. The van der Waals surface area contributed by atoms with Crippen LogP contribution in [0.3, 0.4) is 0 Å². The zero-order valence-electron chi connectivity index (χ0n) is 11.5. The van der Waals surface area contributed by atoms with E-state index >= 15 is 0 Å². The topological polar surface area (TPSA) is 26.3 Å². The van der Waals surface area contributed by atoms with Gasteiger partial charge in [0.1, 0.15) is 0 Å². The standard InChI is InChI=1S/C16H22O2/c1-4-12(2)13-6-8-14(9-7-13)16(10-5-11-16)15(17)18-3/h6-9,12H,4-5,10-11H2,1-3H3. The van der Waals surface area contributed by atoms with Crippen LogP contribution in [0.4, 0.5) is 0 Å². The van der Waals surface area contributed by atoms with E-state index in [1.165, 1.54) is 12.7 Å². The fourth-order valence-electron chi connectivity index (χ4n) is 2.70. The lowest BCUT2D eigenvalue weighted by Crippen LogP contribution is -2.43. The van der Waals surface area contributed by atoms with Crippen LogP contribution in [0.2, 0.25) is 0 Å². The van der Waals surface area contributed by atoms with Crippen LogP contribution in [0.25, 0.3) is 0 Å². The Labute approximate surface area is 109 Å². The predicted octanol–water partition coefficient (Wildman–Crippen LogP) is 3.79. The summed E-state index contributed by atoms with van der Waals surface area (Å²) in [4.78, 5) is 12.0. The molecule has 0 amide bonds. The normalized spacial score (nSPS) is 18.8. The van der Waals surface area contributed by atoms with Crippen molar-refractivity contribution in [2.75, 3.05) is 7.11 Å². The van der Waals surface area contributed by atoms with Crippen LogP contribution in [0.1, 0.15) is 56.6 Å². The molecule has 1 unspecified atom stereocenters. The first kappa shape index (κ1) is 13.1. The fourth-order valence-corrected chi connectivity index (χ4v) is 2.70. The van der Waals surface area contributed by atoms with Gasteiger partial charge in [0.05, 0.1) is 12.5 Å². The van der Waals surface area contributed by atoms with E-state index in [2.05, 4.69) is 38.1 Å². The van der Waals surface area contributed by atoms with Gasteiger partial charge in [-0.15, -0.1) is 0 Å². The van der Waals surface area contributed by atoms with Crippen molar-refractivity contribution in [2.24, 2.45) is 0 Å². The van der Waals surface area contributed by atoms with Gasteiger partial charge in [-0.1, -0.05) is 44.5 Å². The van der Waals surface area contributed by atoms with Crippen molar-refractivity contribution in [3.8, 4) is 0 Å². The third kappa shape index (κ3) is 2.05. The van der Waals surface area contributed by atoms with Gasteiger partial charge in [-0.25, -0.2) is 0 Å². The van der Waals surface area contributed by atoms with Crippen molar-refractivity contribution in [2.45, 2.75) is 50.9 Å². The van der Waals surface area contributed by atoms with E-state index < -0.39 is 0 Å². The van der Waals surface area contributed by atoms with Gasteiger partial charge in [-0.2, -0.15) is 0 Å². The molecule has 1 aliphatic carbocycles. The molecule has 0 spiro atoms. The van der Waals surface area contributed by atoms with Crippen molar-refractivity contribution < 1.29 is 9.53 Å². The van der Waals surface area contributed by atoms with Crippen LogP contribution in [0.5, 0.6) is 0 Å². The quantitative estimate of drug-likeness (QED) is 0.755. The molecular weight excluding hydrogens is 224 g/mol. The van der Waals surface area contributed by atoms with Crippen LogP contribution in [-0.2, 0) is 14.9 Å². The smallest absolute Gasteiger partial charge is 0.316 e. The maximum atomic E-state index is 12.0. The Kier molecular flexibility index (Phi) is 3.74. The second-order valence-corrected chi connectivity index (χ2v) is 5.36.